The van der Waals surface area contributed by atoms with Gasteiger partial charge < -0.3 is 0 Å². The van der Waals surface area contributed by atoms with E-state index in [0.717, 1.165) is 0 Å². The predicted molar refractivity (Wildman–Crippen MR) is 83.0 cm³/mol. The Bertz CT molecular complexity index is 611. The fourth-order valence-corrected chi connectivity index (χ4v) is 4.33. The molecule has 20 heavy (non-hydrogen) atoms. The molecule has 4 nitrogen and oxygen atoms in total. The second kappa shape index (κ2) is 7.41. The van der Waals surface area contributed by atoms with Gasteiger partial charge >= 0.3 is 0 Å². The minimum atomic E-state index is -3.69. The van der Waals surface area contributed by atoms with Gasteiger partial charge in [-0.2, -0.15) is 9.57 Å². The van der Waals surface area contributed by atoms with Crippen LogP contribution in [0.1, 0.15) is 20.3 Å². The maximum atomic E-state index is 12.6. The van der Waals surface area contributed by atoms with Gasteiger partial charge in [-0.05, 0) is 24.1 Å². The van der Waals surface area contributed by atoms with Crippen molar-refractivity contribution in [2.75, 3.05) is 13.1 Å². The highest BCUT2D eigenvalue weighted by atomic mass is 79.9. The molecular weight excluding hydrogens is 364 g/mol. The molecule has 0 saturated heterocycles. The van der Waals surface area contributed by atoms with Crippen LogP contribution in [0.25, 0.3) is 0 Å². The molecule has 0 bridgehead atoms. The van der Waals surface area contributed by atoms with E-state index in [-0.39, 0.29) is 28.8 Å². The first-order valence-electron chi connectivity index (χ1n) is 6.11. The maximum Gasteiger partial charge on any atom is 0.244 e. The van der Waals surface area contributed by atoms with E-state index in [0.29, 0.717) is 11.0 Å². The zero-order valence-corrected chi connectivity index (χ0v) is 14.5. The van der Waals surface area contributed by atoms with Gasteiger partial charge in [-0.1, -0.05) is 41.4 Å². The molecule has 0 heterocycles. The Labute approximate surface area is 133 Å². The van der Waals surface area contributed by atoms with Crippen molar-refractivity contribution in [2.45, 2.75) is 25.2 Å². The van der Waals surface area contributed by atoms with E-state index in [1.54, 1.807) is 12.1 Å². The summed E-state index contributed by atoms with van der Waals surface area (Å²) in [6, 6.07) is 6.63. The van der Waals surface area contributed by atoms with Crippen LogP contribution in [0.5, 0.6) is 0 Å². The van der Waals surface area contributed by atoms with Gasteiger partial charge in [-0.15, -0.1) is 0 Å². The van der Waals surface area contributed by atoms with E-state index < -0.39 is 10.0 Å². The second-order valence-electron chi connectivity index (χ2n) is 4.74. The highest BCUT2D eigenvalue weighted by molar-refractivity contribution is 9.10. The predicted octanol–water partition coefficient (Wildman–Crippen LogP) is 3.66. The van der Waals surface area contributed by atoms with Crippen molar-refractivity contribution in [1.82, 2.24) is 4.31 Å². The Balaban J connectivity index is 3.18. The van der Waals surface area contributed by atoms with Crippen LogP contribution in [-0.4, -0.2) is 25.8 Å². The minimum Gasteiger partial charge on any atom is -0.207 e. The number of nitriles is 1. The molecule has 0 radical (unpaired) electrons. The molecule has 0 unspecified atom stereocenters. The van der Waals surface area contributed by atoms with E-state index >= 15 is 0 Å². The lowest BCUT2D eigenvalue weighted by molar-refractivity contribution is 0.373. The van der Waals surface area contributed by atoms with Gasteiger partial charge in [0.25, 0.3) is 0 Å². The van der Waals surface area contributed by atoms with Crippen LogP contribution in [0.2, 0.25) is 5.02 Å². The van der Waals surface area contributed by atoms with E-state index in [1.165, 1.54) is 10.4 Å². The van der Waals surface area contributed by atoms with Gasteiger partial charge in [-0.3, -0.25) is 0 Å². The molecule has 1 aromatic carbocycles. The molecule has 0 aliphatic heterocycles. The van der Waals surface area contributed by atoms with Crippen LogP contribution in [0.3, 0.4) is 0 Å². The standard InChI is InChI=1S/C13H16BrClN2O2S/c1-10(2)9-17(7-3-6-16)20(18,19)13-5-4-11(14)8-12(13)15/h4-5,8,10H,3,7,9H2,1-2H3. The van der Waals surface area contributed by atoms with Gasteiger partial charge in [0.15, 0.2) is 0 Å². The quantitative estimate of drug-likeness (QED) is 0.757. The second-order valence-corrected chi connectivity index (χ2v) is 7.97. The lowest BCUT2D eigenvalue weighted by Crippen LogP contribution is -2.35. The average molecular weight is 380 g/mol. The molecule has 0 aliphatic rings. The van der Waals surface area contributed by atoms with Crippen molar-refractivity contribution < 1.29 is 8.42 Å². The van der Waals surface area contributed by atoms with Crippen molar-refractivity contribution in [3.63, 3.8) is 0 Å². The van der Waals surface area contributed by atoms with Gasteiger partial charge in [0.2, 0.25) is 10.0 Å². The van der Waals surface area contributed by atoms with E-state index in [1.807, 2.05) is 19.9 Å². The summed E-state index contributed by atoms with van der Waals surface area (Å²) in [6.45, 7) is 4.38. The Kier molecular flexibility index (Phi) is 6.46. The van der Waals surface area contributed by atoms with Gasteiger partial charge in [0, 0.05) is 24.0 Å². The molecule has 1 aromatic rings. The minimum absolute atomic E-state index is 0.0703. The third kappa shape index (κ3) is 4.45. The van der Waals surface area contributed by atoms with Crippen LogP contribution in [0.15, 0.2) is 27.6 Å². The summed E-state index contributed by atoms with van der Waals surface area (Å²) in [5, 5.41) is 8.84. The lowest BCUT2D eigenvalue weighted by Gasteiger charge is -2.23. The van der Waals surface area contributed by atoms with Crippen LogP contribution in [0.4, 0.5) is 0 Å². The van der Waals surface area contributed by atoms with Crippen molar-refractivity contribution >= 4 is 37.6 Å². The molecule has 0 N–H and O–H groups in total. The van der Waals surface area contributed by atoms with Crippen molar-refractivity contribution in [1.29, 1.82) is 5.26 Å². The van der Waals surface area contributed by atoms with Crippen LogP contribution in [-0.2, 0) is 10.0 Å². The van der Waals surface area contributed by atoms with E-state index in [4.69, 9.17) is 16.9 Å². The molecule has 0 aromatic heterocycles. The number of rotatable bonds is 6. The SMILES string of the molecule is CC(C)CN(CCC#N)S(=O)(=O)c1ccc(Br)cc1Cl. The molecule has 7 heteroatoms. The molecular formula is C13H16BrClN2O2S. The zero-order valence-electron chi connectivity index (χ0n) is 11.3. The van der Waals surface area contributed by atoms with Crippen molar-refractivity contribution in [3.8, 4) is 6.07 Å². The topological polar surface area (TPSA) is 61.2 Å². The normalized spacial score (nSPS) is 11.8. The Hall–Kier alpha value is -0.610. The third-order valence-electron chi connectivity index (χ3n) is 2.55. The molecule has 0 spiro atoms. The average Bonchev–Trinajstić information content (AvgIpc) is 2.33. The highest BCUT2D eigenvalue weighted by Gasteiger charge is 2.27. The number of halogens is 2. The zero-order chi connectivity index (χ0) is 15.3. The van der Waals surface area contributed by atoms with Crippen LogP contribution in [0, 0.1) is 17.2 Å². The number of nitrogens with zero attached hydrogens (tertiary/aromatic N) is 2. The highest BCUT2D eigenvalue weighted by Crippen LogP contribution is 2.28. The van der Waals surface area contributed by atoms with Gasteiger partial charge in [-0.25, -0.2) is 8.42 Å². The summed E-state index contributed by atoms with van der Waals surface area (Å²) in [5.41, 5.74) is 0. The summed E-state index contributed by atoms with van der Waals surface area (Å²) in [5.74, 6) is 0.165. The third-order valence-corrected chi connectivity index (χ3v) is 5.39. The molecule has 110 valence electrons. The maximum absolute atomic E-state index is 12.6. The van der Waals surface area contributed by atoms with Crippen LogP contribution < -0.4 is 0 Å². The fraction of sp³-hybridized carbons (Fsp3) is 0.462. The first kappa shape index (κ1) is 17.4. The number of hydrogen-bond donors (Lipinski definition) is 0. The van der Waals surface area contributed by atoms with Gasteiger partial charge in [0.1, 0.15) is 4.90 Å². The number of hydrogen-bond acceptors (Lipinski definition) is 3. The van der Waals surface area contributed by atoms with Gasteiger partial charge in [0.05, 0.1) is 11.1 Å². The summed E-state index contributed by atoms with van der Waals surface area (Å²) in [6.07, 6.45) is 0.153. The number of benzene rings is 1. The smallest absolute Gasteiger partial charge is 0.207 e. The summed E-state index contributed by atoms with van der Waals surface area (Å²) >= 11 is 9.27. The van der Waals surface area contributed by atoms with E-state index in [9.17, 15) is 8.42 Å². The lowest BCUT2D eigenvalue weighted by atomic mass is 10.2. The largest absolute Gasteiger partial charge is 0.244 e. The summed E-state index contributed by atoms with van der Waals surface area (Å²) < 4.78 is 27.3. The van der Waals surface area contributed by atoms with Crippen molar-refractivity contribution in [2.24, 2.45) is 5.92 Å². The number of sulfonamides is 1. The van der Waals surface area contributed by atoms with Crippen LogP contribution >= 0.6 is 27.5 Å². The molecule has 0 aliphatic carbocycles. The van der Waals surface area contributed by atoms with E-state index in [2.05, 4.69) is 15.9 Å². The Morgan fingerprint density at radius 3 is 2.60 bits per heavy atom. The molecule has 1 rings (SSSR count). The molecule has 0 atom stereocenters. The Morgan fingerprint density at radius 2 is 2.10 bits per heavy atom. The van der Waals surface area contributed by atoms with Crippen molar-refractivity contribution in [3.05, 3.63) is 27.7 Å². The summed E-state index contributed by atoms with van der Waals surface area (Å²) in [4.78, 5) is 0.0703. The first-order valence-corrected chi connectivity index (χ1v) is 8.72. The monoisotopic (exact) mass is 378 g/mol. The summed E-state index contributed by atoms with van der Waals surface area (Å²) in [7, 11) is -3.69. The fourth-order valence-electron chi connectivity index (χ4n) is 1.72. The molecule has 0 fully saturated rings. The first-order chi connectivity index (χ1) is 9.28. The molecule has 0 saturated carbocycles. The Morgan fingerprint density at radius 1 is 1.45 bits per heavy atom. The molecule has 0 amide bonds.